The first-order valence-electron chi connectivity index (χ1n) is 8.81. The Morgan fingerprint density at radius 1 is 0.875 bits per heavy atom. The number of nitrogens with one attached hydrogen (secondary N) is 1. The molecule has 0 heterocycles. The Morgan fingerprint density at radius 3 is 2.00 bits per heavy atom. The summed E-state index contributed by atoms with van der Waals surface area (Å²) in [5, 5.41) is 11.5. The predicted molar refractivity (Wildman–Crippen MR) is 100 cm³/mol. The number of aliphatic carboxylic acids is 1. The Bertz CT molecular complexity index is 488. The molecule has 1 aromatic carbocycles. The van der Waals surface area contributed by atoms with Gasteiger partial charge in [0, 0.05) is 17.4 Å². The highest BCUT2D eigenvalue weighted by Gasteiger charge is 2.02. The topological polar surface area (TPSA) is 66.4 Å². The third kappa shape index (κ3) is 11.2. The minimum absolute atomic E-state index is 0.0794. The number of rotatable bonds is 13. The highest BCUT2D eigenvalue weighted by Crippen LogP contribution is 2.11. The fourth-order valence-electron chi connectivity index (χ4n) is 2.54. The van der Waals surface area contributed by atoms with Gasteiger partial charge in [-0.2, -0.15) is 0 Å². The molecule has 0 atom stereocenters. The molecule has 4 nitrogen and oxygen atoms in total. The summed E-state index contributed by atoms with van der Waals surface area (Å²) in [7, 11) is 0. The molecule has 1 rings (SSSR count). The number of carboxylic acids is 1. The van der Waals surface area contributed by atoms with Crippen molar-refractivity contribution < 1.29 is 14.7 Å². The zero-order valence-electron chi connectivity index (χ0n) is 14.2. The van der Waals surface area contributed by atoms with Crippen molar-refractivity contribution in [3.63, 3.8) is 0 Å². The number of unbranched alkanes of at least 4 members (excludes halogenated alkanes) is 7. The first-order valence-corrected chi connectivity index (χ1v) is 9.60. The van der Waals surface area contributed by atoms with Gasteiger partial charge in [0.2, 0.25) is 5.91 Å². The fourth-order valence-corrected chi connectivity index (χ4v) is 2.80. The van der Waals surface area contributed by atoms with Gasteiger partial charge < -0.3 is 10.4 Å². The Balaban J connectivity index is 1.90. The second-order valence-electron chi connectivity index (χ2n) is 6.13. The summed E-state index contributed by atoms with van der Waals surface area (Å²) < 4.78 is 1.02. The van der Waals surface area contributed by atoms with Crippen LogP contribution in [-0.2, 0) is 16.0 Å². The molecule has 0 radical (unpaired) electrons. The number of hydrogen-bond donors (Lipinski definition) is 2. The number of benzene rings is 1. The monoisotopic (exact) mass is 397 g/mol. The van der Waals surface area contributed by atoms with Gasteiger partial charge in [-0.3, -0.25) is 9.59 Å². The van der Waals surface area contributed by atoms with E-state index in [0.717, 1.165) is 48.7 Å². The van der Waals surface area contributed by atoms with Crippen molar-refractivity contribution in [2.75, 3.05) is 6.54 Å². The van der Waals surface area contributed by atoms with E-state index in [1.54, 1.807) is 0 Å². The third-order valence-corrected chi connectivity index (χ3v) is 4.45. The SMILES string of the molecule is O=C(O)CCCCCCCCCCNC(=O)Cc1ccc(Br)cc1. The van der Waals surface area contributed by atoms with E-state index in [0.29, 0.717) is 12.8 Å². The van der Waals surface area contributed by atoms with Crippen LogP contribution in [0, 0.1) is 0 Å². The summed E-state index contributed by atoms with van der Waals surface area (Å²) in [5.74, 6) is -0.618. The Kier molecular flexibility index (Phi) is 11.2. The summed E-state index contributed by atoms with van der Waals surface area (Å²) in [6.07, 6.45) is 9.36. The molecule has 0 unspecified atom stereocenters. The van der Waals surface area contributed by atoms with Gasteiger partial charge in [-0.05, 0) is 30.5 Å². The molecule has 0 bridgehead atoms. The quantitative estimate of drug-likeness (QED) is 0.473. The van der Waals surface area contributed by atoms with E-state index >= 15 is 0 Å². The molecule has 1 aromatic rings. The van der Waals surface area contributed by atoms with Crippen LogP contribution in [0.2, 0.25) is 0 Å². The van der Waals surface area contributed by atoms with Gasteiger partial charge in [0.05, 0.1) is 6.42 Å². The van der Waals surface area contributed by atoms with Crippen molar-refractivity contribution in [3.8, 4) is 0 Å². The standard InChI is InChI=1S/C19H28BrNO3/c20-17-12-10-16(11-13-17)15-18(22)21-14-8-6-4-2-1-3-5-7-9-19(23)24/h10-13H,1-9,14-15H2,(H,21,22)(H,23,24). The molecule has 24 heavy (non-hydrogen) atoms. The summed E-state index contributed by atoms with van der Waals surface area (Å²) in [6.45, 7) is 0.744. The summed E-state index contributed by atoms with van der Waals surface area (Å²) >= 11 is 3.38. The Morgan fingerprint density at radius 2 is 1.42 bits per heavy atom. The molecule has 0 aliphatic heterocycles. The number of carbonyl (C=O) groups is 2. The molecule has 0 saturated carbocycles. The highest BCUT2D eigenvalue weighted by molar-refractivity contribution is 9.10. The molecule has 5 heteroatoms. The molecule has 0 aromatic heterocycles. The van der Waals surface area contributed by atoms with Gasteiger partial charge in [-0.15, -0.1) is 0 Å². The normalized spacial score (nSPS) is 10.5. The van der Waals surface area contributed by atoms with Crippen molar-refractivity contribution in [3.05, 3.63) is 34.3 Å². The lowest BCUT2D eigenvalue weighted by Crippen LogP contribution is -2.26. The molecule has 0 aliphatic carbocycles. The van der Waals surface area contributed by atoms with Crippen molar-refractivity contribution in [1.82, 2.24) is 5.32 Å². The van der Waals surface area contributed by atoms with Crippen LogP contribution in [0.1, 0.15) is 63.4 Å². The Labute approximate surface area is 153 Å². The van der Waals surface area contributed by atoms with Gasteiger partial charge in [0.25, 0.3) is 0 Å². The van der Waals surface area contributed by atoms with Crippen LogP contribution in [0.3, 0.4) is 0 Å². The molecule has 2 N–H and O–H groups in total. The van der Waals surface area contributed by atoms with E-state index in [2.05, 4.69) is 21.2 Å². The van der Waals surface area contributed by atoms with Crippen molar-refractivity contribution in [2.24, 2.45) is 0 Å². The Hall–Kier alpha value is -1.36. The van der Waals surface area contributed by atoms with E-state index in [9.17, 15) is 9.59 Å². The molecule has 0 spiro atoms. The molecule has 0 aliphatic rings. The van der Waals surface area contributed by atoms with Crippen LogP contribution in [0.15, 0.2) is 28.7 Å². The largest absolute Gasteiger partial charge is 0.481 e. The second-order valence-corrected chi connectivity index (χ2v) is 7.04. The first-order chi connectivity index (χ1) is 11.6. The number of halogens is 1. The number of carbonyl (C=O) groups excluding carboxylic acids is 1. The lowest BCUT2D eigenvalue weighted by Gasteiger charge is -2.06. The number of hydrogen-bond acceptors (Lipinski definition) is 2. The van der Waals surface area contributed by atoms with E-state index < -0.39 is 5.97 Å². The maximum Gasteiger partial charge on any atom is 0.303 e. The van der Waals surface area contributed by atoms with Crippen LogP contribution >= 0.6 is 15.9 Å². The predicted octanol–water partition coefficient (Wildman–Crippen LogP) is 4.70. The van der Waals surface area contributed by atoms with E-state index in [1.165, 1.54) is 19.3 Å². The van der Waals surface area contributed by atoms with Gasteiger partial charge in [-0.25, -0.2) is 0 Å². The third-order valence-electron chi connectivity index (χ3n) is 3.92. The minimum Gasteiger partial charge on any atom is -0.481 e. The molecule has 134 valence electrons. The first kappa shape index (κ1) is 20.7. The van der Waals surface area contributed by atoms with Crippen LogP contribution in [0.4, 0.5) is 0 Å². The molecule has 0 saturated heterocycles. The molecular formula is C19H28BrNO3. The smallest absolute Gasteiger partial charge is 0.303 e. The van der Waals surface area contributed by atoms with Gasteiger partial charge >= 0.3 is 5.97 Å². The van der Waals surface area contributed by atoms with Gasteiger partial charge in [0.1, 0.15) is 0 Å². The van der Waals surface area contributed by atoms with Gasteiger partial charge in [-0.1, -0.05) is 66.6 Å². The highest BCUT2D eigenvalue weighted by atomic mass is 79.9. The molecular weight excluding hydrogens is 370 g/mol. The zero-order chi connectivity index (χ0) is 17.6. The summed E-state index contributed by atoms with van der Waals surface area (Å²) in [6, 6.07) is 7.81. The second kappa shape index (κ2) is 13.0. The average molecular weight is 398 g/mol. The number of carboxylic acid groups (broad SMARTS) is 1. The zero-order valence-corrected chi connectivity index (χ0v) is 15.8. The van der Waals surface area contributed by atoms with Crippen molar-refractivity contribution >= 4 is 27.8 Å². The van der Waals surface area contributed by atoms with Crippen LogP contribution in [-0.4, -0.2) is 23.5 Å². The molecule has 0 fully saturated rings. The molecule has 1 amide bonds. The van der Waals surface area contributed by atoms with Crippen molar-refractivity contribution in [1.29, 1.82) is 0 Å². The fraction of sp³-hybridized carbons (Fsp3) is 0.579. The van der Waals surface area contributed by atoms with Crippen LogP contribution in [0.5, 0.6) is 0 Å². The lowest BCUT2D eigenvalue weighted by molar-refractivity contribution is -0.137. The van der Waals surface area contributed by atoms with Crippen LogP contribution < -0.4 is 5.32 Å². The summed E-state index contributed by atoms with van der Waals surface area (Å²) in [5.41, 5.74) is 1.03. The average Bonchev–Trinajstić information content (AvgIpc) is 2.54. The van der Waals surface area contributed by atoms with Crippen LogP contribution in [0.25, 0.3) is 0 Å². The summed E-state index contributed by atoms with van der Waals surface area (Å²) in [4.78, 5) is 22.2. The van der Waals surface area contributed by atoms with E-state index in [1.807, 2.05) is 24.3 Å². The van der Waals surface area contributed by atoms with E-state index in [4.69, 9.17) is 5.11 Å². The van der Waals surface area contributed by atoms with Crippen molar-refractivity contribution in [2.45, 2.75) is 64.2 Å². The minimum atomic E-state index is -0.697. The van der Waals surface area contributed by atoms with Gasteiger partial charge in [0.15, 0.2) is 0 Å². The maximum absolute atomic E-state index is 11.8. The number of amides is 1. The lowest BCUT2D eigenvalue weighted by atomic mass is 10.1. The van der Waals surface area contributed by atoms with E-state index in [-0.39, 0.29) is 5.91 Å². The maximum atomic E-state index is 11.8.